The van der Waals surface area contributed by atoms with Gasteiger partial charge in [0.05, 0.1) is 0 Å². The molecule has 0 amide bonds. The van der Waals surface area contributed by atoms with E-state index in [-0.39, 0.29) is 0 Å². The first kappa shape index (κ1) is 16.2. The van der Waals surface area contributed by atoms with Crippen molar-refractivity contribution < 1.29 is 8.83 Å². The second kappa shape index (κ2) is 6.54. The molecule has 25 heavy (non-hydrogen) atoms. The molecule has 0 unspecified atom stereocenters. The Morgan fingerprint density at radius 3 is 2.28 bits per heavy atom. The average molecular weight is 373 g/mol. The van der Waals surface area contributed by atoms with Crippen LogP contribution in [0.15, 0.2) is 50.8 Å². The molecule has 2 aromatic heterocycles. The van der Waals surface area contributed by atoms with E-state index in [0.717, 1.165) is 28.6 Å². The fourth-order valence-electron chi connectivity index (χ4n) is 2.65. The van der Waals surface area contributed by atoms with E-state index in [1.165, 1.54) is 0 Å². The summed E-state index contributed by atoms with van der Waals surface area (Å²) in [7, 11) is 0. The van der Waals surface area contributed by atoms with E-state index in [2.05, 4.69) is 16.9 Å². The lowest BCUT2D eigenvalue weighted by atomic mass is 10.1. The molecule has 0 radical (unpaired) electrons. The Bertz CT molecular complexity index is 1100. The molecule has 2 aromatic carbocycles. The predicted octanol–water partition coefficient (Wildman–Crippen LogP) is 6.31. The number of rotatable bonds is 4. The molecule has 0 fully saturated rings. The first-order chi connectivity index (χ1) is 12.1. The van der Waals surface area contributed by atoms with Gasteiger partial charge < -0.3 is 8.83 Å². The van der Waals surface area contributed by atoms with Gasteiger partial charge in [0.25, 0.3) is 0 Å². The largest absolute Gasteiger partial charge is 0.440 e. The third-order valence-corrected chi connectivity index (χ3v) is 4.39. The van der Waals surface area contributed by atoms with Gasteiger partial charge >= 0.3 is 0 Å². The minimum Gasteiger partial charge on any atom is -0.440 e. The normalized spacial score (nSPS) is 12.4. The zero-order chi connectivity index (χ0) is 17.4. The Balaban J connectivity index is 1.64. The molecule has 4 nitrogen and oxygen atoms in total. The summed E-state index contributed by atoms with van der Waals surface area (Å²) in [5.74, 6) is 1.19. The van der Waals surface area contributed by atoms with Gasteiger partial charge in [-0.2, -0.15) is 0 Å². The Morgan fingerprint density at radius 1 is 0.960 bits per heavy atom. The SMILES string of the molecule is CCC(=Cc1nc2cc(Cl)ccc2o1)Cc1nc2cc(Cl)ccc2o1. The quantitative estimate of drug-likeness (QED) is 0.421. The van der Waals surface area contributed by atoms with E-state index in [0.29, 0.717) is 33.8 Å². The van der Waals surface area contributed by atoms with Crippen LogP contribution in [0.3, 0.4) is 0 Å². The minimum absolute atomic E-state index is 0.549. The molecule has 4 aromatic rings. The number of aromatic nitrogens is 2. The molecule has 0 spiro atoms. The standard InChI is InChI=1S/C19H14Cl2N2O2/c1-2-11(7-18-22-14-9-12(20)3-5-16(14)24-18)8-19-23-15-10-13(21)4-6-17(15)25-19/h3-7,9-10H,2,8H2,1H3. The second-order valence-corrected chi connectivity index (χ2v) is 6.59. The molecule has 126 valence electrons. The van der Waals surface area contributed by atoms with Crippen LogP contribution in [0.4, 0.5) is 0 Å². The van der Waals surface area contributed by atoms with Gasteiger partial charge in [-0.25, -0.2) is 9.97 Å². The van der Waals surface area contributed by atoms with Crippen molar-refractivity contribution in [1.82, 2.24) is 9.97 Å². The van der Waals surface area contributed by atoms with Gasteiger partial charge in [0.15, 0.2) is 17.1 Å². The van der Waals surface area contributed by atoms with Crippen molar-refractivity contribution in [3.8, 4) is 0 Å². The molecule has 4 rings (SSSR count). The van der Waals surface area contributed by atoms with Crippen LogP contribution in [0, 0.1) is 0 Å². The lowest BCUT2D eigenvalue weighted by Gasteiger charge is -1.99. The Labute approximate surface area is 154 Å². The highest BCUT2D eigenvalue weighted by Crippen LogP contribution is 2.24. The lowest BCUT2D eigenvalue weighted by molar-refractivity contribution is 0.540. The van der Waals surface area contributed by atoms with Crippen molar-refractivity contribution in [3.63, 3.8) is 0 Å². The molecule has 0 saturated heterocycles. The fraction of sp³-hybridized carbons (Fsp3) is 0.158. The summed E-state index contributed by atoms with van der Waals surface area (Å²) in [4.78, 5) is 8.96. The molecular weight excluding hydrogens is 359 g/mol. The minimum atomic E-state index is 0.549. The number of fused-ring (bicyclic) bond motifs is 2. The van der Waals surface area contributed by atoms with Gasteiger partial charge in [0.1, 0.15) is 11.0 Å². The number of benzene rings is 2. The van der Waals surface area contributed by atoms with Gasteiger partial charge in [-0.05, 0) is 42.8 Å². The molecule has 6 heteroatoms. The van der Waals surface area contributed by atoms with E-state index in [4.69, 9.17) is 32.0 Å². The highest BCUT2D eigenvalue weighted by atomic mass is 35.5. The van der Waals surface area contributed by atoms with Gasteiger partial charge in [0.2, 0.25) is 5.89 Å². The van der Waals surface area contributed by atoms with Crippen molar-refractivity contribution >= 4 is 51.5 Å². The maximum Gasteiger partial charge on any atom is 0.219 e. The van der Waals surface area contributed by atoms with Gasteiger partial charge in [-0.15, -0.1) is 0 Å². The number of oxazole rings is 2. The highest BCUT2D eigenvalue weighted by Gasteiger charge is 2.10. The Hall–Kier alpha value is -2.30. The lowest BCUT2D eigenvalue weighted by Crippen LogP contribution is -1.90. The summed E-state index contributed by atoms with van der Waals surface area (Å²) < 4.78 is 11.5. The monoisotopic (exact) mass is 372 g/mol. The maximum atomic E-state index is 5.99. The van der Waals surface area contributed by atoms with Crippen LogP contribution in [-0.2, 0) is 6.42 Å². The van der Waals surface area contributed by atoms with Crippen molar-refractivity contribution in [3.05, 3.63) is 63.8 Å². The van der Waals surface area contributed by atoms with Crippen LogP contribution >= 0.6 is 23.2 Å². The smallest absolute Gasteiger partial charge is 0.219 e. The third kappa shape index (κ3) is 3.41. The Kier molecular flexibility index (Phi) is 4.24. The van der Waals surface area contributed by atoms with E-state index >= 15 is 0 Å². The fourth-order valence-corrected chi connectivity index (χ4v) is 2.98. The van der Waals surface area contributed by atoms with Crippen LogP contribution in [0.5, 0.6) is 0 Å². The molecule has 0 atom stereocenters. The van der Waals surface area contributed by atoms with Crippen LogP contribution in [0.1, 0.15) is 25.1 Å². The summed E-state index contributed by atoms with van der Waals surface area (Å²) in [5.41, 5.74) is 4.05. The van der Waals surface area contributed by atoms with Crippen LogP contribution in [0.25, 0.3) is 28.3 Å². The summed E-state index contributed by atoms with van der Waals surface area (Å²) in [6, 6.07) is 10.8. The average Bonchev–Trinajstić information content (AvgIpc) is 3.16. The zero-order valence-corrected chi connectivity index (χ0v) is 14.9. The van der Waals surface area contributed by atoms with Crippen LogP contribution in [0.2, 0.25) is 10.0 Å². The van der Waals surface area contributed by atoms with Crippen molar-refractivity contribution in [2.24, 2.45) is 0 Å². The maximum absolute atomic E-state index is 5.99. The molecule has 2 heterocycles. The van der Waals surface area contributed by atoms with Gasteiger partial charge in [0, 0.05) is 22.5 Å². The molecule has 0 aliphatic carbocycles. The van der Waals surface area contributed by atoms with E-state index in [1.807, 2.05) is 18.2 Å². The van der Waals surface area contributed by atoms with Gasteiger partial charge in [-0.3, -0.25) is 0 Å². The summed E-state index contributed by atoms with van der Waals surface area (Å²) in [5, 5.41) is 1.28. The van der Waals surface area contributed by atoms with E-state index in [1.54, 1.807) is 24.3 Å². The summed E-state index contributed by atoms with van der Waals surface area (Å²) in [6.07, 6.45) is 3.34. The number of hydrogen-bond donors (Lipinski definition) is 0. The van der Waals surface area contributed by atoms with Crippen LogP contribution < -0.4 is 0 Å². The van der Waals surface area contributed by atoms with Crippen molar-refractivity contribution in [2.45, 2.75) is 19.8 Å². The molecular formula is C19H14Cl2N2O2. The molecule has 0 aliphatic heterocycles. The number of halogens is 2. The topological polar surface area (TPSA) is 52.1 Å². The zero-order valence-electron chi connectivity index (χ0n) is 13.4. The van der Waals surface area contributed by atoms with Crippen molar-refractivity contribution in [2.75, 3.05) is 0 Å². The third-order valence-electron chi connectivity index (χ3n) is 3.92. The van der Waals surface area contributed by atoms with E-state index in [9.17, 15) is 0 Å². The van der Waals surface area contributed by atoms with Crippen LogP contribution in [-0.4, -0.2) is 9.97 Å². The number of allylic oxidation sites excluding steroid dienone is 1. The second-order valence-electron chi connectivity index (χ2n) is 5.72. The first-order valence-electron chi connectivity index (χ1n) is 7.91. The van der Waals surface area contributed by atoms with Gasteiger partial charge in [-0.1, -0.05) is 35.7 Å². The van der Waals surface area contributed by atoms with E-state index < -0.39 is 0 Å². The number of hydrogen-bond acceptors (Lipinski definition) is 4. The molecule has 0 aliphatic rings. The molecule has 0 saturated carbocycles. The first-order valence-corrected chi connectivity index (χ1v) is 8.67. The van der Waals surface area contributed by atoms with Crippen molar-refractivity contribution in [1.29, 1.82) is 0 Å². The number of nitrogens with zero attached hydrogens (tertiary/aromatic N) is 2. The predicted molar refractivity (Wildman–Crippen MR) is 100 cm³/mol. The Morgan fingerprint density at radius 2 is 1.60 bits per heavy atom. The summed E-state index contributed by atoms with van der Waals surface area (Å²) in [6.45, 7) is 2.07. The summed E-state index contributed by atoms with van der Waals surface area (Å²) >= 11 is 12.0. The molecule has 0 N–H and O–H groups in total. The highest BCUT2D eigenvalue weighted by molar-refractivity contribution is 6.31. The molecule has 0 bridgehead atoms.